The normalized spacial score (nSPS) is 9.92. The molecule has 0 spiro atoms. The van der Waals surface area contributed by atoms with E-state index in [1.54, 1.807) is 4.68 Å². The van der Waals surface area contributed by atoms with E-state index in [2.05, 4.69) is 10.4 Å². The van der Waals surface area contributed by atoms with Gasteiger partial charge in [-0.1, -0.05) is 0 Å². The van der Waals surface area contributed by atoms with Crippen LogP contribution in [0, 0.1) is 13.8 Å². The molecule has 0 aliphatic heterocycles. The summed E-state index contributed by atoms with van der Waals surface area (Å²) in [6, 6.07) is 2.00. The molecule has 0 bridgehead atoms. The Bertz CT molecular complexity index is 290. The summed E-state index contributed by atoms with van der Waals surface area (Å²) in [6.07, 6.45) is 0. The molecular weight excluding hydrogens is 170 g/mol. The van der Waals surface area contributed by atoms with Gasteiger partial charge in [0.1, 0.15) is 0 Å². The highest BCUT2D eigenvalue weighted by atomic mass is 32.1. The minimum Gasteiger partial charge on any atom is -0.361 e. The summed E-state index contributed by atoms with van der Waals surface area (Å²) in [7, 11) is 0. The third kappa shape index (κ3) is 1.82. The quantitative estimate of drug-likeness (QED) is 0.664. The zero-order chi connectivity index (χ0) is 9.14. The molecule has 12 heavy (non-hydrogen) atoms. The molecule has 0 fully saturated rings. The van der Waals surface area contributed by atoms with Gasteiger partial charge in [-0.05, 0) is 39.1 Å². The summed E-state index contributed by atoms with van der Waals surface area (Å²) < 4.78 is 1.74. The molecule has 0 atom stereocenters. The van der Waals surface area contributed by atoms with E-state index in [1.807, 2.05) is 26.8 Å². The van der Waals surface area contributed by atoms with Gasteiger partial charge in [-0.25, -0.2) is 4.68 Å². The molecule has 1 N–H and O–H groups in total. The second-order valence-corrected chi connectivity index (χ2v) is 3.06. The summed E-state index contributed by atoms with van der Waals surface area (Å²) in [6.45, 7) is 6.79. The lowest BCUT2D eigenvalue weighted by Crippen LogP contribution is -2.29. The Hall–Kier alpha value is -0.900. The largest absolute Gasteiger partial charge is 0.361 e. The third-order valence-corrected chi connectivity index (χ3v) is 1.85. The fourth-order valence-electron chi connectivity index (χ4n) is 1.06. The van der Waals surface area contributed by atoms with Crippen LogP contribution >= 0.6 is 12.2 Å². The van der Waals surface area contributed by atoms with Gasteiger partial charge < -0.3 is 5.32 Å². The van der Waals surface area contributed by atoms with Gasteiger partial charge in [0.25, 0.3) is 0 Å². The molecule has 66 valence electrons. The van der Waals surface area contributed by atoms with Crippen LogP contribution in [-0.2, 0) is 0 Å². The van der Waals surface area contributed by atoms with Crippen LogP contribution in [0.5, 0.6) is 0 Å². The van der Waals surface area contributed by atoms with Crippen molar-refractivity contribution in [3.05, 3.63) is 17.5 Å². The van der Waals surface area contributed by atoms with Gasteiger partial charge in [0.2, 0.25) is 0 Å². The molecule has 0 unspecified atom stereocenters. The molecule has 3 nitrogen and oxygen atoms in total. The van der Waals surface area contributed by atoms with Crippen LogP contribution in [0.4, 0.5) is 0 Å². The molecule has 0 saturated carbocycles. The summed E-state index contributed by atoms with van der Waals surface area (Å²) in [5.74, 6) is 0. The highest BCUT2D eigenvalue weighted by molar-refractivity contribution is 7.80. The molecule has 0 aliphatic carbocycles. The maximum absolute atomic E-state index is 5.11. The summed E-state index contributed by atoms with van der Waals surface area (Å²) in [4.78, 5) is 0. The Kier molecular flexibility index (Phi) is 2.81. The average molecular weight is 183 g/mol. The molecule has 0 radical (unpaired) electrons. The van der Waals surface area contributed by atoms with Gasteiger partial charge in [0, 0.05) is 12.2 Å². The van der Waals surface area contributed by atoms with Gasteiger partial charge in [-0.3, -0.25) is 0 Å². The lowest BCUT2D eigenvalue weighted by Gasteiger charge is -2.05. The van der Waals surface area contributed by atoms with Crippen LogP contribution in [0.25, 0.3) is 0 Å². The SMILES string of the molecule is CCNC(=S)n1nc(C)cc1C. The molecule has 1 aromatic heterocycles. The molecular formula is C8H13N3S. The first-order valence-electron chi connectivity index (χ1n) is 3.96. The average Bonchev–Trinajstić information content (AvgIpc) is 2.30. The van der Waals surface area contributed by atoms with Crippen LogP contribution < -0.4 is 5.32 Å². The standard InChI is InChI=1S/C8H13N3S/c1-4-9-8(12)11-7(3)5-6(2)10-11/h5H,4H2,1-3H3,(H,9,12). The zero-order valence-corrected chi connectivity index (χ0v) is 8.40. The van der Waals surface area contributed by atoms with E-state index in [0.717, 1.165) is 17.9 Å². The van der Waals surface area contributed by atoms with Crippen LogP contribution in [0.15, 0.2) is 6.07 Å². The van der Waals surface area contributed by atoms with E-state index in [9.17, 15) is 0 Å². The summed E-state index contributed by atoms with van der Waals surface area (Å²) in [5, 5.41) is 7.96. The molecule has 1 aromatic rings. The number of thiocarbonyl (C=S) groups is 1. The summed E-state index contributed by atoms with van der Waals surface area (Å²) in [5.41, 5.74) is 2.06. The first kappa shape index (κ1) is 9.19. The lowest BCUT2D eigenvalue weighted by molar-refractivity contribution is 0.829. The van der Waals surface area contributed by atoms with E-state index in [0.29, 0.717) is 5.11 Å². The maximum Gasteiger partial charge on any atom is 0.194 e. The molecule has 4 heteroatoms. The molecule has 0 aromatic carbocycles. The fourth-order valence-corrected chi connectivity index (χ4v) is 1.39. The van der Waals surface area contributed by atoms with Gasteiger partial charge in [-0.15, -0.1) is 0 Å². The highest BCUT2D eigenvalue weighted by Crippen LogP contribution is 2.00. The Balaban J connectivity index is 2.87. The van der Waals surface area contributed by atoms with Crippen molar-refractivity contribution in [2.45, 2.75) is 20.8 Å². The minimum absolute atomic E-state index is 0.670. The molecule has 1 rings (SSSR count). The van der Waals surface area contributed by atoms with Crippen molar-refractivity contribution >= 4 is 17.3 Å². The van der Waals surface area contributed by atoms with Crippen molar-refractivity contribution < 1.29 is 0 Å². The fraction of sp³-hybridized carbons (Fsp3) is 0.500. The van der Waals surface area contributed by atoms with Crippen LogP contribution in [0.3, 0.4) is 0 Å². The Morgan fingerprint density at radius 3 is 2.75 bits per heavy atom. The van der Waals surface area contributed by atoms with Gasteiger partial charge >= 0.3 is 0 Å². The molecule has 0 aliphatic rings. The molecule has 1 heterocycles. The molecule has 0 saturated heterocycles. The van der Waals surface area contributed by atoms with Crippen molar-refractivity contribution in [3.63, 3.8) is 0 Å². The van der Waals surface area contributed by atoms with Crippen molar-refractivity contribution in [2.75, 3.05) is 6.54 Å². The zero-order valence-electron chi connectivity index (χ0n) is 7.59. The minimum atomic E-state index is 0.670. The van der Waals surface area contributed by atoms with E-state index in [4.69, 9.17) is 12.2 Å². The van der Waals surface area contributed by atoms with Gasteiger partial charge in [-0.2, -0.15) is 5.10 Å². The van der Waals surface area contributed by atoms with Crippen LogP contribution in [0.1, 0.15) is 18.3 Å². The Morgan fingerprint density at radius 2 is 2.33 bits per heavy atom. The van der Waals surface area contributed by atoms with Crippen LogP contribution in [0.2, 0.25) is 0 Å². The number of hydrogen-bond donors (Lipinski definition) is 1. The Labute approximate surface area is 77.8 Å². The predicted molar refractivity (Wildman–Crippen MR) is 53.4 cm³/mol. The first-order valence-corrected chi connectivity index (χ1v) is 4.37. The van der Waals surface area contributed by atoms with Crippen LogP contribution in [-0.4, -0.2) is 21.4 Å². The van der Waals surface area contributed by atoms with E-state index < -0.39 is 0 Å². The van der Waals surface area contributed by atoms with Crippen molar-refractivity contribution in [1.29, 1.82) is 0 Å². The van der Waals surface area contributed by atoms with Crippen molar-refractivity contribution in [3.8, 4) is 0 Å². The van der Waals surface area contributed by atoms with Gasteiger partial charge in [0.15, 0.2) is 5.11 Å². The first-order chi connectivity index (χ1) is 5.65. The lowest BCUT2D eigenvalue weighted by atomic mass is 10.4. The van der Waals surface area contributed by atoms with Gasteiger partial charge in [0.05, 0.1) is 5.69 Å². The van der Waals surface area contributed by atoms with E-state index >= 15 is 0 Å². The van der Waals surface area contributed by atoms with E-state index in [1.165, 1.54) is 0 Å². The van der Waals surface area contributed by atoms with Crippen molar-refractivity contribution in [2.24, 2.45) is 0 Å². The maximum atomic E-state index is 5.11. The molecule has 0 amide bonds. The monoisotopic (exact) mass is 183 g/mol. The Morgan fingerprint density at radius 1 is 1.67 bits per heavy atom. The number of aromatic nitrogens is 2. The summed E-state index contributed by atoms with van der Waals surface area (Å²) >= 11 is 5.11. The number of nitrogens with one attached hydrogen (secondary N) is 1. The van der Waals surface area contributed by atoms with E-state index in [-0.39, 0.29) is 0 Å². The number of rotatable bonds is 1. The highest BCUT2D eigenvalue weighted by Gasteiger charge is 2.03. The second-order valence-electron chi connectivity index (χ2n) is 2.67. The van der Waals surface area contributed by atoms with Crippen molar-refractivity contribution in [1.82, 2.24) is 15.1 Å². The predicted octanol–water partition coefficient (Wildman–Crippen LogP) is 1.24. The second kappa shape index (κ2) is 3.67. The third-order valence-electron chi connectivity index (χ3n) is 1.53. The number of nitrogens with zero attached hydrogens (tertiary/aromatic N) is 2. The number of hydrogen-bond acceptors (Lipinski definition) is 2. The smallest absolute Gasteiger partial charge is 0.194 e. The topological polar surface area (TPSA) is 29.9 Å². The number of aryl methyl sites for hydroxylation is 2.